The largest absolute Gasteiger partial charge is 0.497 e. The number of benzene rings is 1. The zero-order valence-corrected chi connectivity index (χ0v) is 18.1. The minimum Gasteiger partial charge on any atom is -0.497 e. The number of guanidine groups is 1. The van der Waals surface area contributed by atoms with Crippen LogP contribution in [0, 0.1) is 0 Å². The van der Waals surface area contributed by atoms with Gasteiger partial charge in [-0.1, -0.05) is 13.3 Å². The predicted octanol–water partition coefficient (Wildman–Crippen LogP) is 2.23. The molecule has 3 atom stereocenters. The molecule has 158 valence electrons. The standard InChI is InChI=1S/C20H30N6O2S/c1-4-29(27)17-7-5-6-15(12-17)23-20(21-2)22-13-18-24-19(26-25-18)14-8-10-16(28-3)11-9-14/h8-11,15,17H,4-7,12-13H2,1-3H3,(H2,21,22,23)(H,24,25,26). The summed E-state index contributed by atoms with van der Waals surface area (Å²) in [6.45, 7) is 2.48. The van der Waals surface area contributed by atoms with Crippen molar-refractivity contribution in [1.82, 2.24) is 25.8 Å². The van der Waals surface area contributed by atoms with Crippen LogP contribution in [0.3, 0.4) is 0 Å². The number of hydrogen-bond acceptors (Lipinski definition) is 5. The van der Waals surface area contributed by atoms with Gasteiger partial charge in [0.2, 0.25) is 0 Å². The van der Waals surface area contributed by atoms with Crippen LogP contribution < -0.4 is 15.4 Å². The van der Waals surface area contributed by atoms with Gasteiger partial charge in [-0.05, 0) is 43.5 Å². The van der Waals surface area contributed by atoms with Gasteiger partial charge in [-0.25, -0.2) is 4.98 Å². The zero-order chi connectivity index (χ0) is 20.6. The van der Waals surface area contributed by atoms with Gasteiger partial charge in [0.15, 0.2) is 11.8 Å². The molecule has 9 heteroatoms. The summed E-state index contributed by atoms with van der Waals surface area (Å²) in [4.78, 5) is 8.86. The normalized spacial score (nSPS) is 20.9. The molecule has 1 aromatic heterocycles. The second-order valence-electron chi connectivity index (χ2n) is 7.06. The van der Waals surface area contributed by atoms with Crippen LogP contribution in [0.2, 0.25) is 0 Å². The van der Waals surface area contributed by atoms with Crippen LogP contribution in [0.5, 0.6) is 5.75 Å². The van der Waals surface area contributed by atoms with E-state index in [2.05, 4.69) is 30.8 Å². The summed E-state index contributed by atoms with van der Waals surface area (Å²) in [5.41, 5.74) is 0.924. The molecule has 2 aromatic rings. The average Bonchev–Trinajstić information content (AvgIpc) is 3.25. The highest BCUT2D eigenvalue weighted by Crippen LogP contribution is 2.23. The van der Waals surface area contributed by atoms with Crippen molar-refractivity contribution in [2.45, 2.75) is 50.4 Å². The number of nitrogens with one attached hydrogen (secondary N) is 3. The summed E-state index contributed by atoms with van der Waals surface area (Å²) >= 11 is 0. The lowest BCUT2D eigenvalue weighted by atomic mass is 9.95. The third-order valence-corrected chi connectivity index (χ3v) is 6.89. The number of hydrogen-bond donors (Lipinski definition) is 3. The van der Waals surface area contributed by atoms with Crippen LogP contribution in [0.1, 0.15) is 38.4 Å². The highest BCUT2D eigenvalue weighted by Gasteiger charge is 2.26. The number of aromatic amines is 1. The molecular weight excluding hydrogens is 388 g/mol. The molecule has 1 heterocycles. The quantitative estimate of drug-likeness (QED) is 0.470. The van der Waals surface area contributed by atoms with Gasteiger partial charge in [0.25, 0.3) is 0 Å². The fourth-order valence-corrected chi connectivity index (χ4v) is 4.90. The van der Waals surface area contributed by atoms with E-state index in [1.54, 1.807) is 14.2 Å². The van der Waals surface area contributed by atoms with Gasteiger partial charge in [-0.3, -0.25) is 14.3 Å². The first-order valence-electron chi connectivity index (χ1n) is 10.0. The van der Waals surface area contributed by atoms with Crippen LogP contribution in [-0.2, 0) is 17.3 Å². The maximum absolute atomic E-state index is 12.1. The van der Waals surface area contributed by atoms with E-state index >= 15 is 0 Å². The molecule has 29 heavy (non-hydrogen) atoms. The fourth-order valence-electron chi connectivity index (χ4n) is 3.55. The Morgan fingerprint density at radius 3 is 2.83 bits per heavy atom. The highest BCUT2D eigenvalue weighted by molar-refractivity contribution is 7.85. The molecule has 0 aliphatic heterocycles. The zero-order valence-electron chi connectivity index (χ0n) is 17.3. The number of ether oxygens (including phenoxy) is 1. The lowest BCUT2D eigenvalue weighted by Gasteiger charge is -2.30. The van der Waals surface area contributed by atoms with Crippen molar-refractivity contribution in [1.29, 1.82) is 0 Å². The number of methoxy groups -OCH3 is 1. The lowest BCUT2D eigenvalue weighted by Crippen LogP contribution is -2.46. The van der Waals surface area contributed by atoms with Gasteiger partial charge in [0.1, 0.15) is 11.6 Å². The molecule has 0 saturated heterocycles. The Labute approximate surface area is 174 Å². The van der Waals surface area contributed by atoms with E-state index in [9.17, 15) is 4.21 Å². The van der Waals surface area contributed by atoms with Crippen LogP contribution >= 0.6 is 0 Å². The van der Waals surface area contributed by atoms with E-state index < -0.39 is 10.8 Å². The molecular formula is C20H30N6O2S. The van der Waals surface area contributed by atoms with E-state index in [0.29, 0.717) is 18.4 Å². The summed E-state index contributed by atoms with van der Waals surface area (Å²) in [6.07, 6.45) is 4.14. The highest BCUT2D eigenvalue weighted by atomic mass is 32.2. The van der Waals surface area contributed by atoms with Crippen LogP contribution in [0.25, 0.3) is 11.4 Å². The molecule has 1 aliphatic rings. The number of aromatic nitrogens is 3. The molecule has 0 amide bonds. The molecule has 1 aromatic carbocycles. The van der Waals surface area contributed by atoms with Gasteiger partial charge >= 0.3 is 0 Å². The third kappa shape index (κ3) is 5.79. The van der Waals surface area contributed by atoms with E-state index in [4.69, 9.17) is 4.74 Å². The van der Waals surface area contributed by atoms with Crippen molar-refractivity contribution in [3.8, 4) is 17.1 Å². The predicted molar refractivity (Wildman–Crippen MR) is 116 cm³/mol. The smallest absolute Gasteiger partial charge is 0.191 e. The van der Waals surface area contributed by atoms with Crippen molar-refractivity contribution in [3.05, 3.63) is 30.1 Å². The number of aliphatic imine (C=N–C) groups is 1. The van der Waals surface area contributed by atoms with E-state index in [-0.39, 0.29) is 5.25 Å². The summed E-state index contributed by atoms with van der Waals surface area (Å²) in [5.74, 6) is 3.62. The minimum atomic E-state index is -0.734. The lowest BCUT2D eigenvalue weighted by molar-refractivity contribution is 0.413. The Morgan fingerprint density at radius 1 is 1.34 bits per heavy atom. The van der Waals surface area contributed by atoms with Crippen molar-refractivity contribution in [2.75, 3.05) is 19.9 Å². The molecule has 3 unspecified atom stereocenters. The Hall–Kier alpha value is -2.42. The average molecular weight is 419 g/mol. The topological polar surface area (TPSA) is 104 Å². The van der Waals surface area contributed by atoms with Gasteiger partial charge in [-0.2, -0.15) is 5.10 Å². The van der Waals surface area contributed by atoms with E-state index in [1.807, 2.05) is 31.2 Å². The molecule has 3 rings (SSSR count). The summed E-state index contributed by atoms with van der Waals surface area (Å²) < 4.78 is 17.3. The SMILES string of the molecule is CCS(=O)C1CCCC(NC(=NC)NCc2nc(-c3ccc(OC)cc3)n[nH]2)C1. The number of H-pyrrole nitrogens is 1. The van der Waals surface area contributed by atoms with Crippen molar-refractivity contribution in [3.63, 3.8) is 0 Å². The maximum atomic E-state index is 12.1. The first-order valence-corrected chi connectivity index (χ1v) is 11.4. The Balaban J connectivity index is 1.53. The molecule has 1 aliphatic carbocycles. The van der Waals surface area contributed by atoms with Crippen molar-refractivity contribution in [2.24, 2.45) is 4.99 Å². The molecule has 0 bridgehead atoms. The molecule has 3 N–H and O–H groups in total. The molecule has 0 spiro atoms. The molecule has 0 radical (unpaired) electrons. The Kier molecular flexibility index (Phi) is 7.62. The first-order chi connectivity index (χ1) is 14.1. The monoisotopic (exact) mass is 418 g/mol. The molecule has 1 saturated carbocycles. The maximum Gasteiger partial charge on any atom is 0.191 e. The van der Waals surface area contributed by atoms with Gasteiger partial charge < -0.3 is 15.4 Å². The van der Waals surface area contributed by atoms with E-state index in [1.165, 1.54) is 0 Å². The Morgan fingerprint density at radius 2 is 2.14 bits per heavy atom. The van der Waals surface area contributed by atoms with Crippen LogP contribution in [0.15, 0.2) is 29.3 Å². The minimum absolute atomic E-state index is 0.283. The summed E-state index contributed by atoms with van der Waals surface area (Å²) in [6, 6.07) is 7.93. The summed E-state index contributed by atoms with van der Waals surface area (Å²) in [7, 11) is 2.66. The van der Waals surface area contributed by atoms with Gasteiger partial charge in [-0.15, -0.1) is 0 Å². The third-order valence-electron chi connectivity index (χ3n) is 5.15. The molecule has 1 fully saturated rings. The fraction of sp³-hybridized carbons (Fsp3) is 0.550. The van der Waals surface area contributed by atoms with Crippen molar-refractivity contribution >= 4 is 16.8 Å². The first kappa shape index (κ1) is 21.3. The number of nitrogens with zero attached hydrogens (tertiary/aromatic N) is 3. The molecule has 8 nitrogen and oxygen atoms in total. The van der Waals surface area contributed by atoms with Crippen molar-refractivity contribution < 1.29 is 8.95 Å². The van der Waals surface area contributed by atoms with Crippen LogP contribution in [-0.4, -0.2) is 56.6 Å². The van der Waals surface area contributed by atoms with Gasteiger partial charge in [0, 0.05) is 40.5 Å². The van der Waals surface area contributed by atoms with Gasteiger partial charge in [0.05, 0.1) is 13.7 Å². The summed E-state index contributed by atoms with van der Waals surface area (Å²) in [5, 5.41) is 14.3. The van der Waals surface area contributed by atoms with Crippen LogP contribution in [0.4, 0.5) is 0 Å². The second-order valence-corrected chi connectivity index (χ2v) is 9.06. The Bertz CT molecular complexity index is 836. The number of rotatable bonds is 7. The second kappa shape index (κ2) is 10.4. The van der Waals surface area contributed by atoms with E-state index in [0.717, 1.165) is 54.5 Å².